The third-order valence-electron chi connectivity index (χ3n) is 7.70. The maximum atomic E-state index is 10.5. The molecule has 0 saturated heterocycles. The molecule has 27 heavy (non-hydrogen) atoms. The van der Waals surface area contributed by atoms with Crippen molar-refractivity contribution in [3.8, 4) is 0 Å². The van der Waals surface area contributed by atoms with Gasteiger partial charge in [-0.1, -0.05) is 31.2 Å². The van der Waals surface area contributed by atoms with Crippen molar-refractivity contribution < 1.29 is 5.11 Å². The molecule has 0 spiro atoms. The third-order valence-corrected chi connectivity index (χ3v) is 7.70. The van der Waals surface area contributed by atoms with Gasteiger partial charge in [0.25, 0.3) is 0 Å². The molecule has 3 aliphatic carbocycles. The zero-order chi connectivity index (χ0) is 18.4. The smallest absolute Gasteiger partial charge is 0.0860 e. The summed E-state index contributed by atoms with van der Waals surface area (Å²) in [6.07, 6.45) is 6.87. The maximum absolute atomic E-state index is 10.5. The molecule has 3 heteroatoms. The van der Waals surface area contributed by atoms with E-state index in [-0.39, 0.29) is 11.5 Å². The Morgan fingerprint density at radius 2 is 1.74 bits per heavy atom. The van der Waals surface area contributed by atoms with Gasteiger partial charge in [-0.05, 0) is 97.1 Å². The van der Waals surface area contributed by atoms with Gasteiger partial charge in [-0.3, -0.25) is 0 Å². The second-order valence-electron chi connectivity index (χ2n) is 8.97. The second-order valence-corrected chi connectivity index (χ2v) is 8.97. The summed E-state index contributed by atoms with van der Waals surface area (Å²) in [7, 11) is 0. The number of aryl methyl sites for hydroxylation is 1. The van der Waals surface area contributed by atoms with E-state index in [0.29, 0.717) is 11.8 Å². The van der Waals surface area contributed by atoms with E-state index in [1.54, 1.807) is 0 Å². The average molecular weight is 361 g/mol. The van der Waals surface area contributed by atoms with Crippen LogP contribution in [0.25, 0.3) is 0 Å². The molecule has 0 aromatic heterocycles. The summed E-state index contributed by atoms with van der Waals surface area (Å²) >= 11 is 0. The molecule has 3 nitrogen and oxygen atoms in total. The van der Waals surface area contributed by atoms with Crippen LogP contribution in [-0.2, 0) is 6.42 Å². The van der Waals surface area contributed by atoms with E-state index >= 15 is 0 Å². The van der Waals surface area contributed by atoms with E-state index in [2.05, 4.69) is 35.4 Å². The van der Waals surface area contributed by atoms with Crippen LogP contribution in [-0.4, -0.2) is 11.2 Å². The Hall–Kier alpha value is -2.00. The van der Waals surface area contributed by atoms with Crippen molar-refractivity contribution in [1.82, 2.24) is 0 Å². The highest BCUT2D eigenvalue weighted by molar-refractivity contribution is 5.47. The van der Waals surface area contributed by atoms with Crippen molar-refractivity contribution >= 4 is 11.4 Å². The molecule has 2 aromatic carbocycles. The zero-order valence-corrected chi connectivity index (χ0v) is 16.0. The molecule has 2 aromatic rings. The molecule has 3 aliphatic rings. The van der Waals surface area contributed by atoms with Crippen molar-refractivity contribution in [2.24, 2.45) is 27.5 Å². The number of hydrogen-bond acceptors (Lipinski definition) is 3. The number of benzene rings is 2. The minimum atomic E-state index is -0.0920. The van der Waals surface area contributed by atoms with Gasteiger partial charge in [0.15, 0.2) is 0 Å². The number of aliphatic hydroxyl groups is 1. The van der Waals surface area contributed by atoms with Crippen LogP contribution in [0.15, 0.2) is 58.8 Å². The summed E-state index contributed by atoms with van der Waals surface area (Å²) in [6.45, 7) is 2.34. The molecule has 2 fully saturated rings. The first-order chi connectivity index (χ1) is 13.1. The van der Waals surface area contributed by atoms with Crippen molar-refractivity contribution in [3.63, 3.8) is 0 Å². The van der Waals surface area contributed by atoms with Crippen molar-refractivity contribution in [2.45, 2.75) is 57.5 Å². The topological polar surface area (TPSA) is 45.0 Å². The molecule has 140 valence electrons. The number of aliphatic hydroxyl groups excluding tert-OH is 1. The van der Waals surface area contributed by atoms with Crippen LogP contribution in [0.4, 0.5) is 11.4 Å². The van der Waals surface area contributed by atoms with E-state index in [1.165, 1.54) is 30.4 Å². The lowest BCUT2D eigenvalue weighted by atomic mass is 9.55. The van der Waals surface area contributed by atoms with E-state index in [1.807, 2.05) is 30.3 Å². The van der Waals surface area contributed by atoms with Crippen LogP contribution in [0.3, 0.4) is 0 Å². The van der Waals surface area contributed by atoms with Crippen LogP contribution >= 0.6 is 0 Å². The Balaban J connectivity index is 1.40. The standard InChI is InChI=1S/C24H28N2O/c1-24-14-13-20-19-10-8-18(26-25-17-5-3-2-4-6-17)15-16(19)7-9-21(20)22(24)11-12-23(24)27/h2-6,8,10,15,20-23,27H,7,9,11-14H2,1H3/t20-,21-,22+,23?,24+/m1/s1. The van der Waals surface area contributed by atoms with Gasteiger partial charge in [0.05, 0.1) is 17.5 Å². The van der Waals surface area contributed by atoms with Gasteiger partial charge >= 0.3 is 0 Å². The van der Waals surface area contributed by atoms with Crippen LogP contribution in [0, 0.1) is 17.3 Å². The molecule has 1 N–H and O–H groups in total. The van der Waals surface area contributed by atoms with Gasteiger partial charge in [-0.25, -0.2) is 0 Å². The fourth-order valence-electron chi connectivity index (χ4n) is 6.21. The van der Waals surface area contributed by atoms with Crippen LogP contribution in [0.2, 0.25) is 0 Å². The van der Waals surface area contributed by atoms with Gasteiger partial charge in [-0.2, -0.15) is 10.2 Å². The van der Waals surface area contributed by atoms with Crippen LogP contribution in [0.1, 0.15) is 56.1 Å². The summed E-state index contributed by atoms with van der Waals surface area (Å²) in [6, 6.07) is 16.6. The lowest BCUT2D eigenvalue weighted by Gasteiger charge is -2.50. The molecule has 2 saturated carbocycles. The number of nitrogens with zero attached hydrogens (tertiary/aromatic N) is 2. The van der Waals surface area contributed by atoms with E-state index < -0.39 is 0 Å². The molecule has 5 rings (SSSR count). The number of hydrogen-bond donors (Lipinski definition) is 1. The average Bonchev–Trinajstić information content (AvgIpc) is 3.01. The predicted molar refractivity (Wildman–Crippen MR) is 108 cm³/mol. The molecular weight excluding hydrogens is 332 g/mol. The highest BCUT2D eigenvalue weighted by Crippen LogP contribution is 2.60. The Bertz CT molecular complexity index is 862. The first kappa shape index (κ1) is 17.1. The fraction of sp³-hybridized carbons (Fsp3) is 0.500. The molecule has 0 radical (unpaired) electrons. The van der Waals surface area contributed by atoms with Gasteiger partial charge in [0, 0.05) is 0 Å². The Labute approximate surface area is 161 Å². The minimum absolute atomic E-state index is 0.0920. The Morgan fingerprint density at radius 3 is 2.59 bits per heavy atom. The summed E-state index contributed by atoms with van der Waals surface area (Å²) in [5.74, 6) is 2.10. The third kappa shape index (κ3) is 2.84. The van der Waals surface area contributed by atoms with Gasteiger partial charge in [-0.15, -0.1) is 0 Å². The van der Waals surface area contributed by atoms with Gasteiger partial charge < -0.3 is 5.11 Å². The van der Waals surface area contributed by atoms with E-state index in [0.717, 1.165) is 36.6 Å². The lowest BCUT2D eigenvalue weighted by molar-refractivity contribution is -0.0226. The van der Waals surface area contributed by atoms with Gasteiger partial charge in [0.2, 0.25) is 0 Å². The van der Waals surface area contributed by atoms with E-state index in [4.69, 9.17) is 0 Å². The quantitative estimate of drug-likeness (QED) is 0.626. The zero-order valence-electron chi connectivity index (χ0n) is 16.0. The molecule has 0 amide bonds. The number of rotatable bonds is 2. The molecule has 0 aliphatic heterocycles. The predicted octanol–water partition coefficient (Wildman–Crippen LogP) is 6.32. The molecule has 1 unspecified atom stereocenters. The normalized spacial score (nSPS) is 34.9. The number of azo groups is 1. The van der Waals surface area contributed by atoms with Crippen LogP contribution < -0.4 is 0 Å². The molecule has 5 atom stereocenters. The first-order valence-electron chi connectivity index (χ1n) is 10.4. The molecular formula is C24H28N2O. The van der Waals surface area contributed by atoms with Crippen molar-refractivity contribution in [3.05, 3.63) is 59.7 Å². The highest BCUT2D eigenvalue weighted by atomic mass is 16.3. The summed E-state index contributed by atoms with van der Waals surface area (Å²) in [5, 5.41) is 19.4. The Morgan fingerprint density at radius 1 is 0.926 bits per heavy atom. The summed E-state index contributed by atoms with van der Waals surface area (Å²) < 4.78 is 0. The van der Waals surface area contributed by atoms with Crippen molar-refractivity contribution in [2.75, 3.05) is 0 Å². The van der Waals surface area contributed by atoms with Crippen LogP contribution in [0.5, 0.6) is 0 Å². The molecule has 0 bridgehead atoms. The lowest BCUT2D eigenvalue weighted by Crippen LogP contribution is -2.43. The van der Waals surface area contributed by atoms with Crippen molar-refractivity contribution in [1.29, 1.82) is 0 Å². The highest BCUT2D eigenvalue weighted by Gasteiger charge is 2.54. The Kier molecular flexibility index (Phi) is 4.16. The van der Waals surface area contributed by atoms with E-state index in [9.17, 15) is 5.11 Å². The first-order valence-corrected chi connectivity index (χ1v) is 10.4. The molecule has 0 heterocycles. The summed E-state index contributed by atoms with van der Waals surface area (Å²) in [4.78, 5) is 0. The van der Waals surface area contributed by atoms with Gasteiger partial charge in [0.1, 0.15) is 0 Å². The fourth-order valence-corrected chi connectivity index (χ4v) is 6.21. The SMILES string of the molecule is C[C@]12CC[C@@H]3c4ccc(N=Nc5ccccc5)cc4CC[C@H]3[C@@H]1CCC2O. The second kappa shape index (κ2) is 6.56. The number of fused-ring (bicyclic) bond motifs is 5. The monoisotopic (exact) mass is 360 g/mol. The largest absolute Gasteiger partial charge is 0.393 e. The maximum Gasteiger partial charge on any atom is 0.0860 e. The summed E-state index contributed by atoms with van der Waals surface area (Å²) in [5.41, 5.74) is 4.99. The minimum Gasteiger partial charge on any atom is -0.393 e.